The highest BCUT2D eigenvalue weighted by Gasteiger charge is 2.32. The maximum atomic E-state index is 13.1. The lowest BCUT2D eigenvalue weighted by Crippen LogP contribution is -2.29. The molecule has 1 aromatic heterocycles. The van der Waals surface area contributed by atoms with E-state index >= 15 is 0 Å². The quantitative estimate of drug-likeness (QED) is 0.688. The summed E-state index contributed by atoms with van der Waals surface area (Å²) < 4.78 is 27.6. The number of sulfonamides is 1. The summed E-state index contributed by atoms with van der Waals surface area (Å²) in [5.41, 5.74) is 4.20. The van der Waals surface area contributed by atoms with Crippen LogP contribution in [0.1, 0.15) is 16.7 Å². The Kier molecular flexibility index (Phi) is 4.31. The van der Waals surface area contributed by atoms with Crippen molar-refractivity contribution in [3.05, 3.63) is 77.6 Å². The van der Waals surface area contributed by atoms with Crippen LogP contribution in [-0.4, -0.2) is 19.9 Å². The standard InChI is InChI=1S/C21H14N4O2S/c22-11-15-1-5-17(6-2-15)20-13-24-14-21-19(20)9-10-25(21)28(26,27)18-7-3-16(12-23)4-8-18/h1-8,13-14H,9-10H2. The van der Waals surface area contributed by atoms with Crippen LogP contribution in [0.5, 0.6) is 0 Å². The van der Waals surface area contributed by atoms with Crippen LogP contribution < -0.4 is 4.31 Å². The molecule has 4 rings (SSSR count). The van der Waals surface area contributed by atoms with E-state index in [1.807, 2.05) is 18.2 Å². The van der Waals surface area contributed by atoms with Crippen molar-refractivity contribution >= 4 is 15.7 Å². The number of fused-ring (bicyclic) bond motifs is 1. The van der Waals surface area contributed by atoms with Crippen LogP contribution in [-0.2, 0) is 16.4 Å². The minimum atomic E-state index is -3.75. The van der Waals surface area contributed by atoms with Gasteiger partial charge in [-0.2, -0.15) is 10.5 Å². The molecule has 2 aromatic carbocycles. The molecule has 3 aromatic rings. The van der Waals surface area contributed by atoms with Gasteiger partial charge in [0.25, 0.3) is 10.0 Å². The Hall–Kier alpha value is -3.68. The van der Waals surface area contributed by atoms with Crippen molar-refractivity contribution in [3.63, 3.8) is 0 Å². The van der Waals surface area contributed by atoms with Crippen molar-refractivity contribution < 1.29 is 8.42 Å². The van der Waals surface area contributed by atoms with E-state index in [1.54, 1.807) is 24.5 Å². The van der Waals surface area contributed by atoms with Gasteiger partial charge in [0.05, 0.1) is 40.0 Å². The zero-order valence-electron chi connectivity index (χ0n) is 14.7. The topological polar surface area (TPSA) is 97.8 Å². The summed E-state index contributed by atoms with van der Waals surface area (Å²) in [4.78, 5) is 4.39. The largest absolute Gasteiger partial charge is 0.264 e. The van der Waals surface area contributed by atoms with E-state index in [9.17, 15) is 8.42 Å². The predicted octanol–water partition coefficient (Wildman–Crippen LogP) is 3.24. The van der Waals surface area contributed by atoms with Gasteiger partial charge in [-0.25, -0.2) is 8.42 Å². The summed E-state index contributed by atoms with van der Waals surface area (Å²) >= 11 is 0. The lowest BCUT2D eigenvalue weighted by atomic mass is 9.99. The highest BCUT2D eigenvalue weighted by atomic mass is 32.2. The number of nitrogens with zero attached hydrogens (tertiary/aromatic N) is 4. The Balaban J connectivity index is 1.75. The van der Waals surface area contributed by atoms with Gasteiger partial charge in [-0.05, 0) is 53.9 Å². The molecular weight excluding hydrogens is 372 g/mol. The first-order valence-corrected chi connectivity index (χ1v) is 9.99. The summed E-state index contributed by atoms with van der Waals surface area (Å²) in [6.45, 7) is 0.326. The molecule has 0 amide bonds. The number of hydrogen-bond acceptors (Lipinski definition) is 5. The van der Waals surface area contributed by atoms with Crippen LogP contribution >= 0.6 is 0 Å². The van der Waals surface area contributed by atoms with Gasteiger partial charge >= 0.3 is 0 Å². The number of anilines is 1. The molecule has 0 atom stereocenters. The van der Waals surface area contributed by atoms with Crippen molar-refractivity contribution in [2.45, 2.75) is 11.3 Å². The Morgan fingerprint density at radius 1 is 0.893 bits per heavy atom. The van der Waals surface area contributed by atoms with E-state index in [0.29, 0.717) is 29.8 Å². The Bertz CT molecular complexity index is 1240. The summed E-state index contributed by atoms with van der Waals surface area (Å²) in [6.07, 6.45) is 3.86. The molecule has 136 valence electrons. The van der Waals surface area contributed by atoms with E-state index in [0.717, 1.165) is 16.7 Å². The number of benzene rings is 2. The molecule has 0 spiro atoms. The molecule has 1 aliphatic heterocycles. The van der Waals surface area contributed by atoms with Gasteiger partial charge in [-0.15, -0.1) is 0 Å². The fraction of sp³-hybridized carbons (Fsp3) is 0.0952. The molecule has 0 N–H and O–H groups in total. The van der Waals surface area contributed by atoms with Crippen LogP contribution in [0, 0.1) is 22.7 Å². The van der Waals surface area contributed by atoms with E-state index in [4.69, 9.17) is 10.5 Å². The van der Waals surface area contributed by atoms with Crippen LogP contribution in [0.4, 0.5) is 5.69 Å². The molecule has 0 saturated heterocycles. The first kappa shape index (κ1) is 17.7. The smallest absolute Gasteiger partial charge is 0.264 e. The summed E-state index contributed by atoms with van der Waals surface area (Å²) in [5, 5.41) is 17.9. The molecule has 0 saturated carbocycles. The molecule has 6 nitrogen and oxygen atoms in total. The molecule has 0 radical (unpaired) electrons. The maximum absolute atomic E-state index is 13.1. The first-order valence-electron chi connectivity index (χ1n) is 8.55. The minimum Gasteiger partial charge on any atom is -0.264 e. The SMILES string of the molecule is N#Cc1ccc(-c2cncc3c2CCN3S(=O)(=O)c2ccc(C#N)cc2)cc1. The molecule has 0 bridgehead atoms. The Morgan fingerprint density at radius 2 is 1.50 bits per heavy atom. The lowest BCUT2D eigenvalue weighted by molar-refractivity contribution is 0.592. The zero-order valence-corrected chi connectivity index (χ0v) is 15.5. The van der Waals surface area contributed by atoms with E-state index in [2.05, 4.69) is 11.1 Å². The first-order chi connectivity index (χ1) is 13.5. The predicted molar refractivity (Wildman–Crippen MR) is 104 cm³/mol. The van der Waals surface area contributed by atoms with Crippen LogP contribution in [0.3, 0.4) is 0 Å². The lowest BCUT2D eigenvalue weighted by Gasteiger charge is -2.19. The summed E-state index contributed by atoms with van der Waals surface area (Å²) in [6, 6.07) is 17.1. The number of hydrogen-bond donors (Lipinski definition) is 0. The zero-order chi connectivity index (χ0) is 19.7. The number of aromatic nitrogens is 1. The third kappa shape index (κ3) is 2.88. The second kappa shape index (κ2) is 6.80. The van der Waals surface area contributed by atoms with Crippen molar-refractivity contribution in [1.82, 2.24) is 4.98 Å². The average Bonchev–Trinajstić information content (AvgIpc) is 3.19. The number of pyridine rings is 1. The Morgan fingerprint density at radius 3 is 2.11 bits per heavy atom. The van der Waals surface area contributed by atoms with Crippen LogP contribution in [0.25, 0.3) is 11.1 Å². The second-order valence-corrected chi connectivity index (χ2v) is 8.20. The monoisotopic (exact) mass is 386 g/mol. The van der Waals surface area contributed by atoms with Crippen LogP contribution in [0.2, 0.25) is 0 Å². The molecule has 0 aliphatic carbocycles. The van der Waals surface area contributed by atoms with Gasteiger partial charge in [0, 0.05) is 18.3 Å². The van der Waals surface area contributed by atoms with Gasteiger partial charge in [-0.3, -0.25) is 9.29 Å². The van der Waals surface area contributed by atoms with Gasteiger partial charge in [0.2, 0.25) is 0 Å². The fourth-order valence-corrected chi connectivity index (χ4v) is 4.82. The third-order valence-electron chi connectivity index (χ3n) is 4.76. The van der Waals surface area contributed by atoms with E-state index < -0.39 is 10.0 Å². The molecule has 28 heavy (non-hydrogen) atoms. The van der Waals surface area contributed by atoms with Crippen molar-refractivity contribution in [3.8, 4) is 23.3 Å². The molecule has 0 fully saturated rings. The van der Waals surface area contributed by atoms with Gasteiger partial charge in [0.1, 0.15) is 0 Å². The molecule has 2 heterocycles. The van der Waals surface area contributed by atoms with Gasteiger partial charge in [0.15, 0.2) is 0 Å². The van der Waals surface area contributed by atoms with Crippen molar-refractivity contribution in [2.24, 2.45) is 0 Å². The summed E-state index contributed by atoms with van der Waals surface area (Å²) in [7, 11) is -3.75. The third-order valence-corrected chi connectivity index (χ3v) is 6.59. The summed E-state index contributed by atoms with van der Waals surface area (Å²) in [5.74, 6) is 0. The highest BCUT2D eigenvalue weighted by molar-refractivity contribution is 7.92. The second-order valence-electron chi connectivity index (χ2n) is 6.34. The Labute approximate surface area is 163 Å². The van der Waals surface area contributed by atoms with Crippen LogP contribution in [0.15, 0.2) is 65.8 Å². The molecule has 7 heteroatoms. The molecule has 1 aliphatic rings. The number of nitriles is 2. The van der Waals surface area contributed by atoms with E-state index in [1.165, 1.54) is 28.6 Å². The van der Waals surface area contributed by atoms with E-state index in [-0.39, 0.29) is 4.90 Å². The van der Waals surface area contributed by atoms with Crippen molar-refractivity contribution in [1.29, 1.82) is 10.5 Å². The molecular formula is C21H14N4O2S. The minimum absolute atomic E-state index is 0.142. The number of rotatable bonds is 3. The van der Waals surface area contributed by atoms with Gasteiger partial charge < -0.3 is 0 Å². The average molecular weight is 386 g/mol. The maximum Gasteiger partial charge on any atom is 0.264 e. The highest BCUT2D eigenvalue weighted by Crippen LogP contribution is 2.38. The fourth-order valence-electron chi connectivity index (χ4n) is 3.34. The van der Waals surface area contributed by atoms with Crippen molar-refractivity contribution in [2.75, 3.05) is 10.8 Å². The normalized spacial score (nSPS) is 12.9. The molecule has 0 unspecified atom stereocenters. The van der Waals surface area contributed by atoms with Gasteiger partial charge in [-0.1, -0.05) is 12.1 Å².